The van der Waals surface area contributed by atoms with Gasteiger partial charge in [0.25, 0.3) is 0 Å². The van der Waals surface area contributed by atoms with Crippen LogP contribution in [0.25, 0.3) is 0 Å². The van der Waals surface area contributed by atoms with Crippen LogP contribution in [0.4, 0.5) is 5.82 Å². The molecule has 0 unspecified atom stereocenters. The van der Waals surface area contributed by atoms with Crippen LogP contribution in [0.2, 0.25) is 5.28 Å². The number of aryl methyl sites for hydroxylation is 1. The lowest BCUT2D eigenvalue weighted by Crippen LogP contribution is -2.02. The maximum absolute atomic E-state index is 5.70. The van der Waals surface area contributed by atoms with E-state index in [1.165, 1.54) is 0 Å². The molecular weight excluding hydrogens is 293 g/mol. The first kappa shape index (κ1) is 11.3. The van der Waals surface area contributed by atoms with E-state index in [1.807, 2.05) is 13.2 Å². The second-order valence-corrected chi connectivity index (χ2v) is 4.40. The van der Waals surface area contributed by atoms with E-state index in [9.17, 15) is 0 Å². The molecule has 5 nitrogen and oxygen atoms in total. The van der Waals surface area contributed by atoms with Crippen LogP contribution in [-0.4, -0.2) is 19.7 Å². The molecule has 0 bridgehead atoms. The van der Waals surface area contributed by atoms with Gasteiger partial charge >= 0.3 is 0 Å². The molecule has 0 atom stereocenters. The Balaban J connectivity index is 2.07. The smallest absolute Gasteiger partial charge is 0.224 e. The minimum atomic E-state index is 0.219. The van der Waals surface area contributed by atoms with Crippen molar-refractivity contribution >= 4 is 33.3 Å². The van der Waals surface area contributed by atoms with E-state index >= 15 is 0 Å². The molecule has 0 aromatic carbocycles. The van der Waals surface area contributed by atoms with Crippen molar-refractivity contribution in [2.75, 3.05) is 5.32 Å². The van der Waals surface area contributed by atoms with Crippen molar-refractivity contribution in [2.45, 2.75) is 6.54 Å². The fourth-order valence-electron chi connectivity index (χ4n) is 1.22. The topological polar surface area (TPSA) is 55.6 Å². The van der Waals surface area contributed by atoms with Gasteiger partial charge in [-0.2, -0.15) is 10.1 Å². The van der Waals surface area contributed by atoms with Crippen LogP contribution >= 0.6 is 27.5 Å². The third kappa shape index (κ3) is 2.70. The predicted molar refractivity (Wildman–Crippen MR) is 65.3 cm³/mol. The molecule has 0 saturated heterocycles. The van der Waals surface area contributed by atoms with Crippen molar-refractivity contribution < 1.29 is 0 Å². The largest absolute Gasteiger partial charge is 0.365 e. The fourth-order valence-corrected chi connectivity index (χ4v) is 1.68. The van der Waals surface area contributed by atoms with Gasteiger partial charge in [-0.25, -0.2) is 4.98 Å². The third-order valence-electron chi connectivity index (χ3n) is 1.93. The zero-order valence-electron chi connectivity index (χ0n) is 8.48. The van der Waals surface area contributed by atoms with Crippen LogP contribution in [0.15, 0.2) is 23.1 Å². The zero-order chi connectivity index (χ0) is 11.5. The Morgan fingerprint density at radius 2 is 2.31 bits per heavy atom. The number of hydrogen-bond acceptors (Lipinski definition) is 4. The normalized spacial score (nSPS) is 10.4. The average molecular weight is 303 g/mol. The highest BCUT2D eigenvalue weighted by Crippen LogP contribution is 2.20. The van der Waals surface area contributed by atoms with Gasteiger partial charge in [-0.15, -0.1) is 0 Å². The average Bonchev–Trinajstić information content (AvgIpc) is 2.66. The van der Waals surface area contributed by atoms with E-state index < -0.39 is 0 Å². The summed E-state index contributed by atoms with van der Waals surface area (Å²) >= 11 is 9.05. The zero-order valence-corrected chi connectivity index (χ0v) is 10.8. The lowest BCUT2D eigenvalue weighted by molar-refractivity contribution is 0.767. The Labute approximate surface area is 106 Å². The summed E-state index contributed by atoms with van der Waals surface area (Å²) in [5, 5.41) is 7.44. The minimum absolute atomic E-state index is 0.219. The van der Waals surface area contributed by atoms with E-state index in [0.717, 1.165) is 10.0 Å². The van der Waals surface area contributed by atoms with Crippen LogP contribution in [0.5, 0.6) is 0 Å². The summed E-state index contributed by atoms with van der Waals surface area (Å²) in [6.45, 7) is 0.639. The standard InChI is InChI=1S/C9H9BrClN5/c1-16-5-6(3-14-16)2-12-8-7(10)4-13-9(11)15-8/h3-5H,2H2,1H3,(H,12,13,15). The van der Waals surface area contributed by atoms with Gasteiger partial charge < -0.3 is 5.32 Å². The molecule has 0 aliphatic rings. The summed E-state index contributed by atoms with van der Waals surface area (Å²) in [7, 11) is 1.88. The molecule has 0 saturated carbocycles. The predicted octanol–water partition coefficient (Wildman–Crippen LogP) is 2.24. The van der Waals surface area contributed by atoms with Crippen LogP contribution in [0, 0.1) is 0 Å². The van der Waals surface area contributed by atoms with Gasteiger partial charge in [0.1, 0.15) is 5.82 Å². The van der Waals surface area contributed by atoms with E-state index in [2.05, 4.69) is 36.3 Å². The molecule has 1 N–H and O–H groups in total. The quantitative estimate of drug-likeness (QED) is 0.884. The number of halogens is 2. The number of anilines is 1. The second-order valence-electron chi connectivity index (χ2n) is 3.21. The Kier molecular flexibility index (Phi) is 3.40. The van der Waals surface area contributed by atoms with Gasteiger partial charge in [0.2, 0.25) is 5.28 Å². The maximum atomic E-state index is 5.70. The molecule has 0 aliphatic carbocycles. The fraction of sp³-hybridized carbons (Fsp3) is 0.222. The molecule has 0 fully saturated rings. The number of nitrogens with one attached hydrogen (secondary N) is 1. The summed E-state index contributed by atoms with van der Waals surface area (Å²) in [5.74, 6) is 0.670. The van der Waals surface area contributed by atoms with Crippen LogP contribution < -0.4 is 5.32 Å². The Hall–Kier alpha value is -1.14. The molecule has 84 valence electrons. The molecule has 0 radical (unpaired) electrons. The summed E-state index contributed by atoms with van der Waals surface area (Å²) < 4.78 is 2.53. The van der Waals surface area contributed by atoms with E-state index in [-0.39, 0.29) is 5.28 Å². The Morgan fingerprint density at radius 3 is 3.00 bits per heavy atom. The molecule has 16 heavy (non-hydrogen) atoms. The second kappa shape index (κ2) is 4.80. The van der Waals surface area contributed by atoms with Gasteiger partial charge in [0.05, 0.1) is 10.7 Å². The molecule has 7 heteroatoms. The molecule has 2 aromatic heterocycles. The van der Waals surface area contributed by atoms with Crippen molar-refractivity contribution in [3.63, 3.8) is 0 Å². The van der Waals surface area contributed by atoms with Crippen LogP contribution in [0.1, 0.15) is 5.56 Å². The summed E-state index contributed by atoms with van der Waals surface area (Å²) in [6.07, 6.45) is 5.34. The van der Waals surface area contributed by atoms with Crippen LogP contribution in [0.3, 0.4) is 0 Å². The number of rotatable bonds is 3. The first-order valence-corrected chi connectivity index (χ1v) is 5.71. The molecule has 0 amide bonds. The molecule has 2 rings (SSSR count). The van der Waals surface area contributed by atoms with Gasteiger partial charge in [0, 0.05) is 31.5 Å². The molecule has 0 aliphatic heterocycles. The highest BCUT2D eigenvalue weighted by Gasteiger charge is 2.04. The molecule has 0 spiro atoms. The van der Waals surface area contributed by atoms with Crippen molar-refractivity contribution in [2.24, 2.45) is 7.05 Å². The number of aromatic nitrogens is 4. The van der Waals surface area contributed by atoms with Crippen molar-refractivity contribution in [1.82, 2.24) is 19.7 Å². The van der Waals surface area contributed by atoms with Crippen LogP contribution in [-0.2, 0) is 13.6 Å². The highest BCUT2D eigenvalue weighted by atomic mass is 79.9. The monoisotopic (exact) mass is 301 g/mol. The third-order valence-corrected chi connectivity index (χ3v) is 2.70. The first-order valence-electron chi connectivity index (χ1n) is 4.54. The van der Waals surface area contributed by atoms with E-state index in [0.29, 0.717) is 12.4 Å². The summed E-state index contributed by atoms with van der Waals surface area (Å²) in [5.41, 5.74) is 1.07. The molecule has 2 aromatic rings. The Bertz CT molecular complexity index is 498. The number of hydrogen-bond donors (Lipinski definition) is 1. The first-order chi connectivity index (χ1) is 7.65. The number of nitrogens with zero attached hydrogens (tertiary/aromatic N) is 4. The van der Waals surface area contributed by atoms with Crippen molar-refractivity contribution in [1.29, 1.82) is 0 Å². The molecule has 2 heterocycles. The van der Waals surface area contributed by atoms with E-state index in [4.69, 9.17) is 11.6 Å². The SMILES string of the molecule is Cn1cc(CNc2nc(Cl)ncc2Br)cn1. The summed E-state index contributed by atoms with van der Waals surface area (Å²) in [6, 6.07) is 0. The van der Waals surface area contributed by atoms with Gasteiger partial charge in [-0.05, 0) is 27.5 Å². The molecular formula is C9H9BrClN5. The van der Waals surface area contributed by atoms with Crippen molar-refractivity contribution in [3.05, 3.63) is 33.9 Å². The lowest BCUT2D eigenvalue weighted by Gasteiger charge is -2.05. The van der Waals surface area contributed by atoms with Gasteiger partial charge in [-0.3, -0.25) is 4.68 Å². The maximum Gasteiger partial charge on any atom is 0.224 e. The Morgan fingerprint density at radius 1 is 1.50 bits per heavy atom. The van der Waals surface area contributed by atoms with Crippen molar-refractivity contribution in [3.8, 4) is 0 Å². The van der Waals surface area contributed by atoms with Gasteiger partial charge in [-0.1, -0.05) is 0 Å². The minimum Gasteiger partial charge on any atom is -0.365 e. The van der Waals surface area contributed by atoms with Gasteiger partial charge in [0.15, 0.2) is 0 Å². The van der Waals surface area contributed by atoms with E-state index in [1.54, 1.807) is 17.1 Å². The summed E-state index contributed by atoms with van der Waals surface area (Å²) in [4.78, 5) is 7.91. The highest BCUT2D eigenvalue weighted by molar-refractivity contribution is 9.10. The lowest BCUT2D eigenvalue weighted by atomic mass is 10.3.